The van der Waals surface area contributed by atoms with Gasteiger partial charge in [-0.2, -0.15) is 4.31 Å². The number of nitrogens with zero attached hydrogens (tertiary/aromatic N) is 2. The summed E-state index contributed by atoms with van der Waals surface area (Å²) in [6, 6.07) is 5.67. The molecule has 4 nitrogen and oxygen atoms in total. The maximum atomic E-state index is 12.4. The fraction of sp³-hybridized carbons (Fsp3) is 0.615. The smallest absolute Gasteiger partial charge is 0.214 e. The number of sulfonamides is 1. The van der Waals surface area contributed by atoms with Crippen molar-refractivity contribution in [3.05, 3.63) is 30.1 Å². The van der Waals surface area contributed by atoms with Crippen LogP contribution in [0.3, 0.4) is 0 Å². The summed E-state index contributed by atoms with van der Waals surface area (Å²) in [5, 5.41) is 0.705. The van der Waals surface area contributed by atoms with E-state index in [2.05, 4.69) is 27.8 Å². The first-order valence-electron chi connectivity index (χ1n) is 6.50. The first-order valence-corrected chi connectivity index (χ1v) is 9.23. The van der Waals surface area contributed by atoms with Crippen LogP contribution >= 0.6 is 15.9 Å². The zero-order valence-corrected chi connectivity index (χ0v) is 13.4. The van der Waals surface area contributed by atoms with E-state index in [4.69, 9.17) is 0 Å². The zero-order valence-electron chi connectivity index (χ0n) is 11.0. The molecule has 0 aromatic carbocycles. The van der Waals surface area contributed by atoms with Crippen molar-refractivity contribution in [2.24, 2.45) is 5.92 Å². The second-order valence-corrected chi connectivity index (χ2v) is 7.67. The van der Waals surface area contributed by atoms with E-state index in [0.29, 0.717) is 24.2 Å². The van der Waals surface area contributed by atoms with Crippen molar-refractivity contribution < 1.29 is 8.42 Å². The fourth-order valence-electron chi connectivity index (χ4n) is 2.44. The van der Waals surface area contributed by atoms with Gasteiger partial charge in [0, 0.05) is 36.2 Å². The standard InChI is InChI=1S/C13H19BrN2O2S/c1-11-5-8-16(13(11)10-14)19(17,18)9-6-12-4-2-3-7-15-12/h2-4,7,11,13H,5-6,8-10H2,1H3. The van der Waals surface area contributed by atoms with Crippen molar-refractivity contribution in [1.82, 2.24) is 9.29 Å². The van der Waals surface area contributed by atoms with Gasteiger partial charge in [-0.3, -0.25) is 4.98 Å². The third-order valence-electron chi connectivity index (χ3n) is 3.69. The van der Waals surface area contributed by atoms with Gasteiger partial charge in [0.2, 0.25) is 10.0 Å². The van der Waals surface area contributed by atoms with Gasteiger partial charge in [-0.15, -0.1) is 0 Å². The molecule has 2 atom stereocenters. The first-order chi connectivity index (χ1) is 9.04. The highest BCUT2D eigenvalue weighted by Gasteiger charge is 2.37. The number of pyridine rings is 1. The topological polar surface area (TPSA) is 50.3 Å². The lowest BCUT2D eigenvalue weighted by molar-refractivity contribution is 0.378. The molecule has 1 aromatic rings. The summed E-state index contributed by atoms with van der Waals surface area (Å²) < 4.78 is 26.5. The van der Waals surface area contributed by atoms with Crippen molar-refractivity contribution in [3.63, 3.8) is 0 Å². The monoisotopic (exact) mass is 346 g/mol. The molecule has 6 heteroatoms. The minimum atomic E-state index is -3.19. The van der Waals surface area contributed by atoms with Gasteiger partial charge in [-0.1, -0.05) is 28.9 Å². The summed E-state index contributed by atoms with van der Waals surface area (Å²) in [6.45, 7) is 2.75. The summed E-state index contributed by atoms with van der Waals surface area (Å²) in [5.41, 5.74) is 0.828. The molecule has 1 aliphatic heterocycles. The summed E-state index contributed by atoms with van der Waals surface area (Å²) >= 11 is 3.43. The van der Waals surface area contributed by atoms with Crippen molar-refractivity contribution in [3.8, 4) is 0 Å². The van der Waals surface area contributed by atoms with Crippen LogP contribution in [0.5, 0.6) is 0 Å². The number of hydrogen-bond acceptors (Lipinski definition) is 3. The van der Waals surface area contributed by atoms with Gasteiger partial charge >= 0.3 is 0 Å². The average molecular weight is 347 g/mol. The van der Waals surface area contributed by atoms with Gasteiger partial charge < -0.3 is 0 Å². The Morgan fingerprint density at radius 3 is 2.89 bits per heavy atom. The van der Waals surface area contributed by atoms with E-state index in [-0.39, 0.29) is 11.8 Å². The molecule has 0 N–H and O–H groups in total. The molecule has 19 heavy (non-hydrogen) atoms. The maximum absolute atomic E-state index is 12.4. The molecule has 1 aliphatic rings. The Bertz CT molecular complexity index is 507. The van der Waals surface area contributed by atoms with Crippen LogP contribution in [0.25, 0.3) is 0 Å². The van der Waals surface area contributed by atoms with Gasteiger partial charge in [0.15, 0.2) is 0 Å². The molecule has 106 valence electrons. The molecule has 0 spiro atoms. The maximum Gasteiger partial charge on any atom is 0.214 e. The van der Waals surface area contributed by atoms with Crippen molar-refractivity contribution >= 4 is 26.0 Å². The molecule has 1 aromatic heterocycles. The van der Waals surface area contributed by atoms with Crippen molar-refractivity contribution in [1.29, 1.82) is 0 Å². The van der Waals surface area contributed by atoms with Crippen molar-refractivity contribution in [2.75, 3.05) is 17.6 Å². The fourth-order valence-corrected chi connectivity index (χ4v) is 5.40. The molecule has 2 heterocycles. The molecule has 0 bridgehead atoms. The van der Waals surface area contributed by atoms with Crippen LogP contribution in [0, 0.1) is 5.92 Å². The quantitative estimate of drug-likeness (QED) is 0.766. The first kappa shape index (κ1) is 14.9. The van der Waals surface area contributed by atoms with E-state index in [1.165, 1.54) is 0 Å². The lowest BCUT2D eigenvalue weighted by Crippen LogP contribution is -2.40. The Labute approximate surface area is 123 Å². The highest BCUT2D eigenvalue weighted by molar-refractivity contribution is 9.09. The number of hydrogen-bond donors (Lipinski definition) is 0. The Hall–Kier alpha value is -0.460. The second-order valence-electron chi connectivity index (χ2n) is 4.99. The molecule has 2 rings (SSSR count). The normalized spacial score (nSPS) is 24.7. The molecule has 1 fully saturated rings. The Balaban J connectivity index is 2.03. The van der Waals surface area contributed by atoms with Crippen LogP contribution in [0.1, 0.15) is 19.0 Å². The third-order valence-corrected chi connectivity index (χ3v) is 6.24. The minimum absolute atomic E-state index is 0.0914. The van der Waals surface area contributed by atoms with Crippen LogP contribution < -0.4 is 0 Å². The van der Waals surface area contributed by atoms with E-state index in [1.807, 2.05) is 18.2 Å². The SMILES string of the molecule is CC1CCN(S(=O)(=O)CCc2ccccn2)C1CBr. The van der Waals surface area contributed by atoms with Gasteiger partial charge in [-0.25, -0.2) is 8.42 Å². The van der Waals surface area contributed by atoms with E-state index in [0.717, 1.165) is 12.1 Å². The molecule has 0 aliphatic carbocycles. The molecular formula is C13H19BrN2O2S. The Kier molecular flexibility index (Phi) is 4.97. The number of aryl methyl sites for hydroxylation is 1. The highest BCUT2D eigenvalue weighted by atomic mass is 79.9. The van der Waals surface area contributed by atoms with E-state index in [9.17, 15) is 8.42 Å². The van der Waals surface area contributed by atoms with Gasteiger partial charge in [-0.05, 0) is 24.5 Å². The van der Waals surface area contributed by atoms with Gasteiger partial charge in [0.05, 0.1) is 5.75 Å². The molecule has 0 amide bonds. The number of rotatable bonds is 5. The molecule has 0 radical (unpaired) electrons. The van der Waals surface area contributed by atoms with Crippen LogP contribution in [0.15, 0.2) is 24.4 Å². The van der Waals surface area contributed by atoms with Gasteiger partial charge in [0.25, 0.3) is 0 Å². The Morgan fingerprint density at radius 2 is 2.26 bits per heavy atom. The van der Waals surface area contributed by atoms with Crippen molar-refractivity contribution in [2.45, 2.75) is 25.8 Å². The van der Waals surface area contributed by atoms with Crippen LogP contribution in [0.4, 0.5) is 0 Å². The number of aromatic nitrogens is 1. The zero-order chi connectivity index (χ0) is 13.9. The van der Waals surface area contributed by atoms with Crippen LogP contribution in [-0.4, -0.2) is 41.4 Å². The Morgan fingerprint density at radius 1 is 1.47 bits per heavy atom. The summed E-state index contributed by atoms with van der Waals surface area (Å²) in [6.07, 6.45) is 3.11. The third kappa shape index (κ3) is 3.55. The molecule has 1 saturated heterocycles. The summed E-state index contributed by atoms with van der Waals surface area (Å²) in [5.74, 6) is 0.559. The number of alkyl halides is 1. The predicted octanol–water partition coefficient (Wildman–Crippen LogP) is 2.06. The molecule has 0 saturated carbocycles. The van der Waals surface area contributed by atoms with Crippen LogP contribution in [-0.2, 0) is 16.4 Å². The van der Waals surface area contributed by atoms with E-state index in [1.54, 1.807) is 10.5 Å². The van der Waals surface area contributed by atoms with Crippen LogP contribution in [0.2, 0.25) is 0 Å². The van der Waals surface area contributed by atoms with E-state index >= 15 is 0 Å². The largest absolute Gasteiger partial charge is 0.261 e. The van der Waals surface area contributed by atoms with Gasteiger partial charge in [0.1, 0.15) is 0 Å². The minimum Gasteiger partial charge on any atom is -0.261 e. The lowest BCUT2D eigenvalue weighted by atomic mass is 10.1. The second kappa shape index (κ2) is 6.33. The number of halogens is 1. The lowest BCUT2D eigenvalue weighted by Gasteiger charge is -2.24. The summed E-state index contributed by atoms with van der Waals surface area (Å²) in [7, 11) is -3.19. The predicted molar refractivity (Wildman–Crippen MR) is 79.8 cm³/mol. The highest BCUT2D eigenvalue weighted by Crippen LogP contribution is 2.28. The molecule has 2 unspecified atom stereocenters. The molecular weight excluding hydrogens is 328 g/mol. The van der Waals surface area contributed by atoms with E-state index < -0.39 is 10.0 Å². The average Bonchev–Trinajstić information content (AvgIpc) is 2.79. The summed E-state index contributed by atoms with van der Waals surface area (Å²) in [4.78, 5) is 4.17.